The van der Waals surface area contributed by atoms with E-state index < -0.39 is 7.41 Å². The molecule has 4 aromatic carbocycles. The lowest BCUT2D eigenvalue weighted by Crippen LogP contribution is -2.44. The zero-order valence-corrected chi connectivity index (χ0v) is 15.5. The molecule has 1 atom stereocenters. The highest BCUT2D eigenvalue weighted by atomic mass is 31.1. The van der Waals surface area contributed by atoms with Gasteiger partial charge in [0.25, 0.3) is 0 Å². The maximum atomic E-state index is 2.62. The standard InChI is InChI=1S/C24H15BNP/c1-4-12-20-16(8-1)17-9-2-5-13-21(17)26-22-14-7-11-19-18-10-3-6-15-23(18)27(24(19)22)25(20)26/h1-15H. The van der Waals surface area contributed by atoms with Crippen LogP contribution in [0.2, 0.25) is 0 Å². The Bertz CT molecular complexity index is 1400. The Morgan fingerprint density at radius 1 is 0.593 bits per heavy atom. The van der Waals surface area contributed by atoms with E-state index in [1.165, 1.54) is 43.9 Å². The predicted molar refractivity (Wildman–Crippen MR) is 119 cm³/mol. The average Bonchev–Trinajstić information content (AvgIpc) is 3.26. The SMILES string of the molecule is c1ccc2c(c1)B1N(c3ccccc3-2)c2cccc3c4ccccc4p1c23. The van der Waals surface area contributed by atoms with E-state index in [2.05, 4.69) is 95.8 Å². The van der Waals surface area contributed by atoms with Crippen LogP contribution in [-0.4, -0.2) is 6.57 Å². The molecule has 0 bridgehead atoms. The summed E-state index contributed by atoms with van der Waals surface area (Å²) >= 11 is 0. The van der Waals surface area contributed by atoms with Crippen molar-refractivity contribution in [3.63, 3.8) is 0 Å². The van der Waals surface area contributed by atoms with Gasteiger partial charge in [-0.3, -0.25) is 0 Å². The van der Waals surface area contributed by atoms with Gasteiger partial charge in [-0.1, -0.05) is 78.9 Å². The van der Waals surface area contributed by atoms with Gasteiger partial charge in [0, 0.05) is 22.1 Å². The molecule has 2 aliphatic heterocycles. The molecule has 0 fully saturated rings. The van der Waals surface area contributed by atoms with Crippen LogP contribution in [0, 0.1) is 0 Å². The molecular formula is C24H15BNP. The second-order valence-corrected chi connectivity index (χ2v) is 9.57. The van der Waals surface area contributed by atoms with Crippen molar-refractivity contribution in [1.29, 1.82) is 0 Å². The van der Waals surface area contributed by atoms with Crippen molar-refractivity contribution in [2.45, 2.75) is 0 Å². The van der Waals surface area contributed by atoms with Crippen LogP contribution in [0.15, 0.2) is 91.0 Å². The number of para-hydroxylation sites is 1. The van der Waals surface area contributed by atoms with Crippen LogP contribution < -0.4 is 10.3 Å². The first-order valence-corrected chi connectivity index (χ1v) is 10.8. The number of hydrogen-bond donors (Lipinski definition) is 0. The van der Waals surface area contributed by atoms with Gasteiger partial charge in [-0.15, -0.1) is 7.41 Å². The number of anilines is 2. The van der Waals surface area contributed by atoms with Gasteiger partial charge in [0.2, 0.25) is 0 Å². The first-order valence-electron chi connectivity index (χ1n) is 9.43. The third-order valence-corrected chi connectivity index (χ3v) is 9.01. The molecule has 124 valence electrons. The molecular weight excluding hydrogens is 344 g/mol. The average molecular weight is 359 g/mol. The number of fused-ring (bicyclic) bond motifs is 11. The number of rotatable bonds is 0. The third kappa shape index (κ3) is 1.59. The Kier molecular flexibility index (Phi) is 2.54. The third-order valence-electron chi connectivity index (χ3n) is 6.15. The first-order chi connectivity index (χ1) is 13.4. The summed E-state index contributed by atoms with van der Waals surface area (Å²) in [6.45, 7) is 0.394. The van der Waals surface area contributed by atoms with E-state index >= 15 is 0 Å². The van der Waals surface area contributed by atoms with Gasteiger partial charge >= 0.3 is 6.57 Å². The van der Waals surface area contributed by atoms with Gasteiger partial charge in [-0.2, -0.15) is 0 Å². The van der Waals surface area contributed by atoms with Crippen molar-refractivity contribution >= 4 is 51.8 Å². The minimum atomic E-state index is -0.425. The Morgan fingerprint density at radius 3 is 2.26 bits per heavy atom. The summed E-state index contributed by atoms with van der Waals surface area (Å²) in [6.07, 6.45) is 0. The normalized spacial score (nSPS) is 14.4. The predicted octanol–water partition coefficient (Wildman–Crippen LogP) is 6.36. The molecule has 1 nitrogen and oxygen atoms in total. The van der Waals surface area contributed by atoms with Crippen LogP contribution in [0.4, 0.5) is 11.4 Å². The van der Waals surface area contributed by atoms with Gasteiger partial charge in [-0.05, 0) is 39.0 Å². The molecule has 7 rings (SSSR count). The highest BCUT2D eigenvalue weighted by Gasteiger charge is 2.44. The number of hydrogen-bond acceptors (Lipinski definition) is 1. The first kappa shape index (κ1) is 14.1. The van der Waals surface area contributed by atoms with Crippen molar-refractivity contribution in [1.82, 2.24) is 0 Å². The molecule has 2 aliphatic rings. The second kappa shape index (κ2) is 4.85. The van der Waals surface area contributed by atoms with Gasteiger partial charge in [0.05, 0.1) is 0 Å². The van der Waals surface area contributed by atoms with Crippen LogP contribution in [0.5, 0.6) is 0 Å². The Balaban J connectivity index is 1.71. The van der Waals surface area contributed by atoms with Crippen molar-refractivity contribution in [3.8, 4) is 11.1 Å². The maximum Gasteiger partial charge on any atom is 0.352 e. The summed E-state index contributed by atoms with van der Waals surface area (Å²) in [4.78, 5) is 2.62. The maximum absolute atomic E-state index is 2.62. The monoisotopic (exact) mass is 359 g/mol. The fourth-order valence-corrected chi connectivity index (χ4v) is 8.46. The summed E-state index contributed by atoms with van der Waals surface area (Å²) in [5, 5.41) is 6.00. The van der Waals surface area contributed by atoms with E-state index in [1.54, 1.807) is 5.12 Å². The topological polar surface area (TPSA) is 3.24 Å². The Morgan fingerprint density at radius 2 is 1.30 bits per heavy atom. The lowest BCUT2D eigenvalue weighted by Gasteiger charge is -2.35. The van der Waals surface area contributed by atoms with Gasteiger partial charge < -0.3 is 4.81 Å². The zero-order chi connectivity index (χ0) is 17.5. The Hall–Kier alpha value is -2.96. The molecule has 0 saturated carbocycles. The molecule has 3 heterocycles. The molecule has 0 aliphatic carbocycles. The molecule has 5 aromatic rings. The number of benzene rings is 4. The van der Waals surface area contributed by atoms with Crippen molar-refractivity contribution in [2.24, 2.45) is 0 Å². The van der Waals surface area contributed by atoms with Crippen molar-refractivity contribution in [3.05, 3.63) is 91.0 Å². The lowest BCUT2D eigenvalue weighted by molar-refractivity contribution is 1.41. The Labute approximate surface area is 159 Å². The smallest absolute Gasteiger partial charge is 0.352 e. The van der Waals surface area contributed by atoms with Gasteiger partial charge in [-0.25, -0.2) is 0 Å². The van der Waals surface area contributed by atoms with Crippen LogP contribution in [-0.2, 0) is 0 Å². The summed E-state index contributed by atoms with van der Waals surface area (Å²) in [5.41, 5.74) is 6.98. The molecule has 27 heavy (non-hydrogen) atoms. The lowest BCUT2D eigenvalue weighted by atomic mass is 9.69. The zero-order valence-electron chi connectivity index (χ0n) is 14.6. The van der Waals surface area contributed by atoms with Crippen LogP contribution in [0.3, 0.4) is 0 Å². The fraction of sp³-hybridized carbons (Fsp3) is 0. The number of nitrogens with zero attached hydrogens (tertiary/aromatic N) is 1. The van der Waals surface area contributed by atoms with E-state index in [4.69, 9.17) is 0 Å². The fourth-order valence-electron chi connectivity index (χ4n) is 5.15. The van der Waals surface area contributed by atoms with Gasteiger partial charge in [0.1, 0.15) is 0 Å². The molecule has 3 heteroatoms. The molecule has 0 saturated heterocycles. The largest absolute Gasteiger partial charge is 0.372 e. The molecule has 0 radical (unpaired) electrons. The van der Waals surface area contributed by atoms with E-state index in [9.17, 15) is 0 Å². The van der Waals surface area contributed by atoms with Crippen LogP contribution >= 0.6 is 7.41 Å². The van der Waals surface area contributed by atoms with E-state index in [1.807, 2.05) is 0 Å². The summed E-state index contributed by atoms with van der Waals surface area (Å²) in [5.74, 6) is 0. The summed E-state index contributed by atoms with van der Waals surface area (Å²) < 4.78 is 0. The van der Waals surface area contributed by atoms with Crippen molar-refractivity contribution < 1.29 is 0 Å². The van der Waals surface area contributed by atoms with Gasteiger partial charge in [0.15, 0.2) is 0 Å². The highest BCUT2D eigenvalue weighted by molar-refractivity contribution is 7.95. The quantitative estimate of drug-likeness (QED) is 0.291. The van der Waals surface area contributed by atoms with Crippen LogP contribution in [0.25, 0.3) is 32.1 Å². The molecule has 1 aromatic heterocycles. The minimum Gasteiger partial charge on any atom is -0.372 e. The molecule has 0 N–H and O–H groups in total. The summed E-state index contributed by atoms with van der Waals surface area (Å²) in [7, 11) is -0.425. The molecule has 0 spiro atoms. The minimum absolute atomic E-state index is 0.394. The second-order valence-electron chi connectivity index (χ2n) is 7.41. The van der Waals surface area contributed by atoms with E-state index in [-0.39, 0.29) is 0 Å². The van der Waals surface area contributed by atoms with Crippen molar-refractivity contribution in [2.75, 3.05) is 4.81 Å². The highest BCUT2D eigenvalue weighted by Crippen LogP contribution is 2.62. The van der Waals surface area contributed by atoms with Crippen LogP contribution in [0.1, 0.15) is 0 Å². The molecule has 1 unspecified atom stereocenters. The molecule has 0 amide bonds. The van der Waals surface area contributed by atoms with E-state index in [0.29, 0.717) is 6.57 Å². The van der Waals surface area contributed by atoms with E-state index in [0.717, 1.165) is 0 Å². The summed E-state index contributed by atoms with van der Waals surface area (Å²) in [6, 6.07) is 33.8.